The van der Waals surface area contributed by atoms with Crippen LogP contribution in [0, 0.1) is 0 Å². The number of piperazine rings is 1. The quantitative estimate of drug-likeness (QED) is 0.633. The normalized spacial score (nSPS) is 23.9. The van der Waals surface area contributed by atoms with E-state index < -0.39 is 0 Å². The Balaban J connectivity index is 1.58. The van der Waals surface area contributed by atoms with Gasteiger partial charge in [-0.05, 0) is 31.3 Å². The van der Waals surface area contributed by atoms with Crippen LogP contribution in [-0.4, -0.2) is 65.8 Å². The van der Waals surface area contributed by atoms with Crippen molar-refractivity contribution >= 4 is 28.7 Å². The molecule has 2 aliphatic heterocycles. The third kappa shape index (κ3) is 5.23. The van der Waals surface area contributed by atoms with Gasteiger partial charge in [0, 0.05) is 37.1 Å². The molecule has 0 spiro atoms. The van der Waals surface area contributed by atoms with Gasteiger partial charge in [0.05, 0.1) is 5.57 Å². The van der Waals surface area contributed by atoms with E-state index in [-0.39, 0.29) is 17.9 Å². The Morgan fingerprint density at radius 1 is 0.806 bits per heavy atom. The molecule has 1 saturated heterocycles. The highest BCUT2D eigenvalue weighted by Crippen LogP contribution is 2.37. The van der Waals surface area contributed by atoms with E-state index in [4.69, 9.17) is 0 Å². The van der Waals surface area contributed by atoms with E-state index >= 15 is 0 Å². The van der Waals surface area contributed by atoms with Gasteiger partial charge in [-0.25, -0.2) is 0 Å². The molecule has 0 bridgehead atoms. The van der Waals surface area contributed by atoms with Crippen molar-refractivity contribution < 1.29 is 9.59 Å². The minimum absolute atomic E-state index is 0.0411. The Morgan fingerprint density at radius 2 is 1.39 bits per heavy atom. The van der Waals surface area contributed by atoms with E-state index in [1.54, 1.807) is 16.2 Å². The van der Waals surface area contributed by atoms with E-state index in [0.717, 1.165) is 56.7 Å². The summed E-state index contributed by atoms with van der Waals surface area (Å²) in [6.07, 6.45) is 13.1. The molecule has 6 heteroatoms. The first-order chi connectivity index (χ1) is 15.2. The van der Waals surface area contributed by atoms with Crippen molar-refractivity contribution in [3.63, 3.8) is 0 Å². The molecular weight excluding hydrogens is 406 g/mol. The molecule has 3 aliphatic rings. The standard InChI is InChI=1S/C25H37N3O2S/c1-26-15-17-27(18-16-26)23-22(21-14-11-19-31-21)24(29)28(25(23)30)20-12-9-7-5-3-2-4-6-8-10-13-20/h11,14,19-20H,2-10,12-13,15-18H2,1H3. The van der Waals surface area contributed by atoms with Gasteiger partial charge < -0.3 is 9.80 Å². The number of nitrogens with zero attached hydrogens (tertiary/aromatic N) is 3. The molecule has 1 aromatic heterocycles. The lowest BCUT2D eigenvalue weighted by Crippen LogP contribution is -2.47. The van der Waals surface area contributed by atoms with Crippen molar-refractivity contribution in [3.05, 3.63) is 28.1 Å². The lowest BCUT2D eigenvalue weighted by molar-refractivity contribution is -0.140. The van der Waals surface area contributed by atoms with Crippen molar-refractivity contribution in [2.45, 2.75) is 76.7 Å². The molecule has 1 aromatic rings. The van der Waals surface area contributed by atoms with Crippen LogP contribution in [0.1, 0.15) is 75.5 Å². The minimum Gasteiger partial charge on any atom is -0.364 e. The molecule has 0 unspecified atom stereocenters. The molecule has 2 fully saturated rings. The number of carbonyl (C=O) groups excluding carboxylic acids is 2. The maximum absolute atomic E-state index is 13.8. The molecule has 31 heavy (non-hydrogen) atoms. The zero-order chi connectivity index (χ0) is 21.6. The maximum atomic E-state index is 13.8. The first-order valence-electron chi connectivity index (χ1n) is 12.3. The van der Waals surface area contributed by atoms with Gasteiger partial charge in [0.15, 0.2) is 0 Å². The number of carbonyl (C=O) groups is 2. The fraction of sp³-hybridized carbons (Fsp3) is 0.680. The van der Waals surface area contributed by atoms with Crippen molar-refractivity contribution in [2.24, 2.45) is 0 Å². The van der Waals surface area contributed by atoms with Crippen LogP contribution >= 0.6 is 11.3 Å². The smallest absolute Gasteiger partial charge is 0.278 e. The highest BCUT2D eigenvalue weighted by atomic mass is 32.1. The molecule has 5 nitrogen and oxygen atoms in total. The van der Waals surface area contributed by atoms with E-state index in [1.807, 2.05) is 17.5 Å². The highest BCUT2D eigenvalue weighted by molar-refractivity contribution is 7.11. The number of imide groups is 1. The molecule has 0 radical (unpaired) electrons. The zero-order valence-corrected chi connectivity index (χ0v) is 19.8. The number of likely N-dealkylation sites (N-methyl/N-ethyl adjacent to an activating group) is 1. The molecule has 170 valence electrons. The van der Waals surface area contributed by atoms with Crippen molar-refractivity contribution in [1.29, 1.82) is 0 Å². The van der Waals surface area contributed by atoms with Crippen LogP contribution in [-0.2, 0) is 9.59 Å². The molecule has 0 atom stereocenters. The largest absolute Gasteiger partial charge is 0.364 e. The predicted molar refractivity (Wildman–Crippen MR) is 127 cm³/mol. The van der Waals surface area contributed by atoms with Crippen LogP contribution in [0.2, 0.25) is 0 Å². The predicted octanol–water partition coefficient (Wildman–Crippen LogP) is 4.75. The molecule has 1 aliphatic carbocycles. The van der Waals surface area contributed by atoms with Crippen molar-refractivity contribution in [1.82, 2.24) is 14.7 Å². The number of amides is 2. The number of rotatable bonds is 3. The summed E-state index contributed by atoms with van der Waals surface area (Å²) in [5.41, 5.74) is 1.31. The van der Waals surface area contributed by atoms with Crippen molar-refractivity contribution in [2.75, 3.05) is 33.2 Å². The molecular formula is C25H37N3O2S. The van der Waals surface area contributed by atoms with E-state index in [1.165, 1.54) is 44.9 Å². The molecule has 0 N–H and O–H groups in total. The van der Waals surface area contributed by atoms with E-state index in [0.29, 0.717) is 11.3 Å². The summed E-state index contributed by atoms with van der Waals surface area (Å²) in [6.45, 7) is 3.45. The Kier molecular flexibility index (Phi) is 7.83. The van der Waals surface area contributed by atoms with Crippen LogP contribution in [0.25, 0.3) is 5.57 Å². The fourth-order valence-corrected chi connectivity index (χ4v) is 6.00. The summed E-state index contributed by atoms with van der Waals surface area (Å²) in [6, 6.07) is 4.01. The van der Waals surface area contributed by atoms with Gasteiger partial charge in [0.25, 0.3) is 11.8 Å². The average Bonchev–Trinajstić information content (AvgIpc) is 3.36. The van der Waals surface area contributed by atoms with Crippen LogP contribution in [0.3, 0.4) is 0 Å². The topological polar surface area (TPSA) is 43.9 Å². The third-order valence-electron chi connectivity index (χ3n) is 7.12. The summed E-state index contributed by atoms with van der Waals surface area (Å²) in [5, 5.41) is 2.00. The lowest BCUT2D eigenvalue weighted by Gasteiger charge is -2.35. The van der Waals surface area contributed by atoms with Gasteiger partial charge in [0.2, 0.25) is 0 Å². The summed E-state index contributed by atoms with van der Waals surface area (Å²) >= 11 is 1.57. The Morgan fingerprint density at radius 3 is 1.94 bits per heavy atom. The van der Waals surface area contributed by atoms with Crippen LogP contribution < -0.4 is 0 Å². The van der Waals surface area contributed by atoms with Gasteiger partial charge in [-0.3, -0.25) is 14.5 Å². The molecule has 2 amide bonds. The monoisotopic (exact) mass is 443 g/mol. The molecule has 4 rings (SSSR count). The number of hydrogen-bond donors (Lipinski definition) is 0. The number of thiophene rings is 1. The lowest BCUT2D eigenvalue weighted by atomic mass is 9.97. The highest BCUT2D eigenvalue weighted by Gasteiger charge is 2.45. The summed E-state index contributed by atoms with van der Waals surface area (Å²) < 4.78 is 0. The Hall–Kier alpha value is -1.66. The SMILES string of the molecule is CN1CCN(C2=C(c3cccs3)C(=O)N(C3CCCCCCCCCCC3)C2=O)CC1. The van der Waals surface area contributed by atoms with E-state index in [9.17, 15) is 9.59 Å². The average molecular weight is 444 g/mol. The Bertz CT molecular complexity index is 769. The summed E-state index contributed by atoms with van der Waals surface area (Å²) in [7, 11) is 2.12. The Labute approximate surface area is 191 Å². The van der Waals surface area contributed by atoms with Gasteiger partial charge in [-0.2, -0.15) is 0 Å². The first kappa shape index (κ1) is 22.5. The molecule has 1 saturated carbocycles. The second-order valence-electron chi connectivity index (χ2n) is 9.38. The van der Waals surface area contributed by atoms with Gasteiger partial charge in [0.1, 0.15) is 5.70 Å². The van der Waals surface area contributed by atoms with E-state index in [2.05, 4.69) is 16.8 Å². The van der Waals surface area contributed by atoms with Gasteiger partial charge >= 0.3 is 0 Å². The molecule has 3 heterocycles. The number of hydrogen-bond acceptors (Lipinski definition) is 5. The van der Waals surface area contributed by atoms with Gasteiger partial charge in [-0.1, -0.05) is 63.9 Å². The van der Waals surface area contributed by atoms with Crippen LogP contribution in [0.4, 0.5) is 0 Å². The first-order valence-corrected chi connectivity index (χ1v) is 13.1. The fourth-order valence-electron chi connectivity index (χ4n) is 5.23. The third-order valence-corrected chi connectivity index (χ3v) is 8.01. The van der Waals surface area contributed by atoms with Gasteiger partial charge in [-0.15, -0.1) is 11.3 Å². The maximum Gasteiger partial charge on any atom is 0.278 e. The van der Waals surface area contributed by atoms with Crippen molar-refractivity contribution in [3.8, 4) is 0 Å². The summed E-state index contributed by atoms with van der Waals surface area (Å²) in [4.78, 5) is 34.5. The van der Waals surface area contributed by atoms with Crippen LogP contribution in [0.15, 0.2) is 23.2 Å². The molecule has 0 aromatic carbocycles. The minimum atomic E-state index is -0.0570. The second-order valence-corrected chi connectivity index (χ2v) is 10.3. The summed E-state index contributed by atoms with van der Waals surface area (Å²) in [5.74, 6) is -0.103. The second kappa shape index (κ2) is 10.8. The zero-order valence-electron chi connectivity index (χ0n) is 19.0. The van der Waals surface area contributed by atoms with Crippen LogP contribution in [0.5, 0.6) is 0 Å².